The van der Waals surface area contributed by atoms with Crippen LogP contribution in [0.25, 0.3) is 0 Å². The van der Waals surface area contributed by atoms with Crippen LogP contribution in [0.4, 0.5) is 0 Å². The molecule has 1 aliphatic rings. The highest BCUT2D eigenvalue weighted by Crippen LogP contribution is 2.25. The van der Waals surface area contributed by atoms with Gasteiger partial charge in [-0.1, -0.05) is 32.1 Å². The van der Waals surface area contributed by atoms with Crippen molar-refractivity contribution in [1.82, 2.24) is 4.57 Å². The molecule has 0 bridgehead atoms. The molecule has 0 unspecified atom stereocenters. The lowest BCUT2D eigenvalue weighted by molar-refractivity contribution is 0.0695. The second kappa shape index (κ2) is 5.85. The number of aromatic nitrogens is 1. The minimum atomic E-state index is -0.977. The molecule has 1 heterocycles. The predicted molar refractivity (Wildman–Crippen MR) is 69.0 cm³/mol. The van der Waals surface area contributed by atoms with Gasteiger partial charge in [-0.3, -0.25) is 4.79 Å². The third-order valence-corrected chi connectivity index (χ3v) is 3.65. The van der Waals surface area contributed by atoms with Crippen LogP contribution in [0.3, 0.4) is 0 Å². The van der Waals surface area contributed by atoms with Gasteiger partial charge in [0.1, 0.15) is 0 Å². The Balaban J connectivity index is 2.26. The first kappa shape index (κ1) is 12.9. The van der Waals surface area contributed by atoms with Crippen molar-refractivity contribution < 1.29 is 9.90 Å². The minimum Gasteiger partial charge on any atom is -0.478 e. The average Bonchev–Trinajstić information content (AvgIpc) is 2.29. The Bertz CT molecular complexity index is 470. The third kappa shape index (κ3) is 3.00. The first-order chi connectivity index (χ1) is 8.68. The molecule has 0 spiro atoms. The smallest absolute Gasteiger partial charge is 0.337 e. The standard InChI is InChI=1S/C14H19NO3/c16-13-9-8-11(14(17)18)10-15(13)12-6-4-2-1-3-5-7-12/h8-10,12H,1-7H2,(H,17,18). The van der Waals surface area contributed by atoms with Gasteiger partial charge in [0.2, 0.25) is 0 Å². The summed E-state index contributed by atoms with van der Waals surface area (Å²) < 4.78 is 1.62. The summed E-state index contributed by atoms with van der Waals surface area (Å²) in [6.07, 6.45) is 9.39. The van der Waals surface area contributed by atoms with Crippen molar-refractivity contribution >= 4 is 5.97 Å². The minimum absolute atomic E-state index is 0.0921. The molecule has 0 saturated heterocycles. The maximum absolute atomic E-state index is 11.9. The SMILES string of the molecule is O=C(O)c1ccc(=O)n(C2CCCCCCC2)c1. The first-order valence-electron chi connectivity index (χ1n) is 6.64. The van der Waals surface area contributed by atoms with Gasteiger partial charge in [-0.05, 0) is 18.9 Å². The Kier molecular flexibility index (Phi) is 4.18. The van der Waals surface area contributed by atoms with Gasteiger partial charge < -0.3 is 9.67 Å². The van der Waals surface area contributed by atoms with Crippen molar-refractivity contribution in [3.8, 4) is 0 Å². The van der Waals surface area contributed by atoms with E-state index in [4.69, 9.17) is 5.11 Å². The van der Waals surface area contributed by atoms with Crippen LogP contribution in [-0.2, 0) is 0 Å². The molecule has 0 radical (unpaired) electrons. The number of nitrogens with zero attached hydrogens (tertiary/aromatic N) is 1. The Morgan fingerprint density at radius 3 is 2.33 bits per heavy atom. The lowest BCUT2D eigenvalue weighted by Crippen LogP contribution is -2.25. The number of carboxylic acids is 1. The van der Waals surface area contributed by atoms with Crippen LogP contribution in [0, 0.1) is 0 Å². The van der Waals surface area contributed by atoms with Crippen LogP contribution in [0.1, 0.15) is 61.3 Å². The predicted octanol–water partition coefficient (Wildman–Crippen LogP) is 2.83. The Morgan fingerprint density at radius 2 is 1.72 bits per heavy atom. The third-order valence-electron chi connectivity index (χ3n) is 3.65. The van der Waals surface area contributed by atoms with E-state index in [2.05, 4.69) is 0 Å². The second-order valence-electron chi connectivity index (χ2n) is 4.97. The molecule has 1 aromatic heterocycles. The fraction of sp³-hybridized carbons (Fsp3) is 0.571. The van der Waals surface area contributed by atoms with Crippen molar-refractivity contribution in [3.05, 3.63) is 34.2 Å². The molecule has 0 amide bonds. The van der Waals surface area contributed by atoms with Gasteiger partial charge in [0, 0.05) is 18.3 Å². The summed E-state index contributed by atoms with van der Waals surface area (Å²) in [6, 6.07) is 2.91. The highest BCUT2D eigenvalue weighted by atomic mass is 16.4. The van der Waals surface area contributed by atoms with Gasteiger partial charge >= 0.3 is 5.97 Å². The molecular weight excluding hydrogens is 230 g/mol. The summed E-state index contributed by atoms with van der Waals surface area (Å²) in [5.74, 6) is -0.977. The summed E-state index contributed by atoms with van der Waals surface area (Å²) in [6.45, 7) is 0. The molecule has 0 aromatic carbocycles. The molecule has 1 fully saturated rings. The molecule has 18 heavy (non-hydrogen) atoms. The van der Waals surface area contributed by atoms with Crippen LogP contribution in [0.2, 0.25) is 0 Å². The zero-order valence-corrected chi connectivity index (χ0v) is 10.5. The summed E-state index contributed by atoms with van der Waals surface area (Å²) >= 11 is 0. The van der Waals surface area contributed by atoms with Crippen molar-refractivity contribution in [2.24, 2.45) is 0 Å². The fourth-order valence-electron chi connectivity index (χ4n) is 2.63. The van der Waals surface area contributed by atoms with Crippen LogP contribution in [-0.4, -0.2) is 15.6 Å². The molecule has 0 aliphatic heterocycles. The largest absolute Gasteiger partial charge is 0.478 e. The topological polar surface area (TPSA) is 59.3 Å². The van der Waals surface area contributed by atoms with Crippen molar-refractivity contribution in [2.75, 3.05) is 0 Å². The lowest BCUT2D eigenvalue weighted by Gasteiger charge is -2.22. The Hall–Kier alpha value is -1.58. The van der Waals surface area contributed by atoms with E-state index >= 15 is 0 Å². The van der Waals surface area contributed by atoms with E-state index in [1.54, 1.807) is 4.57 Å². The van der Waals surface area contributed by atoms with Gasteiger partial charge in [-0.2, -0.15) is 0 Å². The highest BCUT2D eigenvalue weighted by molar-refractivity contribution is 5.87. The van der Waals surface area contributed by atoms with E-state index in [-0.39, 0.29) is 17.2 Å². The summed E-state index contributed by atoms with van der Waals surface area (Å²) in [4.78, 5) is 22.8. The number of aromatic carboxylic acids is 1. The Labute approximate surface area is 106 Å². The van der Waals surface area contributed by atoms with E-state index in [1.165, 1.54) is 37.6 Å². The average molecular weight is 249 g/mol. The number of carboxylic acid groups (broad SMARTS) is 1. The van der Waals surface area contributed by atoms with Crippen LogP contribution in [0.15, 0.2) is 23.1 Å². The maximum atomic E-state index is 11.9. The van der Waals surface area contributed by atoms with E-state index in [1.807, 2.05) is 0 Å². The molecule has 2 rings (SSSR count). The molecule has 4 heteroatoms. The van der Waals surface area contributed by atoms with E-state index in [9.17, 15) is 9.59 Å². The molecule has 98 valence electrons. The highest BCUT2D eigenvalue weighted by Gasteiger charge is 2.15. The number of rotatable bonds is 2. The summed E-state index contributed by atoms with van der Waals surface area (Å²) in [5, 5.41) is 8.98. The maximum Gasteiger partial charge on any atom is 0.337 e. The quantitative estimate of drug-likeness (QED) is 0.876. The number of pyridine rings is 1. The van der Waals surface area contributed by atoms with Gasteiger partial charge in [-0.15, -0.1) is 0 Å². The number of hydrogen-bond acceptors (Lipinski definition) is 2. The summed E-state index contributed by atoms with van der Waals surface area (Å²) in [5.41, 5.74) is 0.0993. The van der Waals surface area contributed by atoms with E-state index in [0.717, 1.165) is 25.7 Å². The number of carbonyl (C=O) groups is 1. The van der Waals surface area contributed by atoms with Crippen LogP contribution >= 0.6 is 0 Å². The van der Waals surface area contributed by atoms with Crippen LogP contribution in [0.5, 0.6) is 0 Å². The normalized spacial score (nSPS) is 18.0. The van der Waals surface area contributed by atoms with Crippen molar-refractivity contribution in [1.29, 1.82) is 0 Å². The Morgan fingerprint density at radius 1 is 1.11 bits per heavy atom. The van der Waals surface area contributed by atoms with Gasteiger partial charge in [0.15, 0.2) is 0 Å². The fourth-order valence-corrected chi connectivity index (χ4v) is 2.63. The zero-order valence-electron chi connectivity index (χ0n) is 10.5. The van der Waals surface area contributed by atoms with Crippen LogP contribution < -0.4 is 5.56 Å². The lowest BCUT2D eigenvalue weighted by atomic mass is 9.96. The summed E-state index contributed by atoms with van der Waals surface area (Å²) in [7, 11) is 0. The molecule has 1 aliphatic carbocycles. The van der Waals surface area contributed by atoms with Crippen molar-refractivity contribution in [2.45, 2.75) is 51.0 Å². The van der Waals surface area contributed by atoms with Gasteiger partial charge in [0.25, 0.3) is 5.56 Å². The van der Waals surface area contributed by atoms with Gasteiger partial charge in [0.05, 0.1) is 5.56 Å². The number of hydrogen-bond donors (Lipinski definition) is 1. The molecular formula is C14H19NO3. The monoisotopic (exact) mass is 249 g/mol. The molecule has 0 atom stereocenters. The van der Waals surface area contributed by atoms with E-state index in [0.29, 0.717) is 0 Å². The van der Waals surface area contributed by atoms with E-state index < -0.39 is 5.97 Å². The molecule has 1 N–H and O–H groups in total. The van der Waals surface area contributed by atoms with Gasteiger partial charge in [-0.25, -0.2) is 4.79 Å². The second-order valence-corrected chi connectivity index (χ2v) is 4.97. The first-order valence-corrected chi connectivity index (χ1v) is 6.64. The molecule has 1 aromatic rings. The zero-order chi connectivity index (χ0) is 13.0. The van der Waals surface area contributed by atoms with Crippen molar-refractivity contribution in [3.63, 3.8) is 0 Å². The molecule has 1 saturated carbocycles. The molecule has 4 nitrogen and oxygen atoms in total.